The Hall–Kier alpha value is -0.420. The van der Waals surface area contributed by atoms with Crippen LogP contribution in [0.1, 0.15) is 5.56 Å². The van der Waals surface area contributed by atoms with Crippen molar-refractivity contribution in [2.45, 2.75) is 12.7 Å². The van der Waals surface area contributed by atoms with E-state index in [-0.39, 0.29) is 11.4 Å². The predicted octanol–water partition coefficient (Wildman–Crippen LogP) is 1.70. The van der Waals surface area contributed by atoms with Crippen LogP contribution in [0.3, 0.4) is 0 Å². The second-order valence-corrected chi connectivity index (χ2v) is 3.62. The van der Waals surface area contributed by atoms with Crippen LogP contribution in [0.4, 0.5) is 0 Å². The van der Waals surface area contributed by atoms with Gasteiger partial charge in [0.05, 0.1) is 19.8 Å². The van der Waals surface area contributed by atoms with E-state index in [0.717, 1.165) is 5.56 Å². The van der Waals surface area contributed by atoms with Crippen molar-refractivity contribution in [3.63, 3.8) is 0 Å². The molecule has 0 bridgehead atoms. The zero-order chi connectivity index (χ0) is 9.97. The zero-order valence-electron chi connectivity index (χ0n) is 7.24. The van der Waals surface area contributed by atoms with Gasteiger partial charge in [0.1, 0.15) is 11.3 Å². The Kier molecular flexibility index (Phi) is 3.18. The van der Waals surface area contributed by atoms with Gasteiger partial charge in [0, 0.05) is 11.8 Å². The van der Waals surface area contributed by atoms with Crippen molar-refractivity contribution in [3.05, 3.63) is 22.2 Å². The van der Waals surface area contributed by atoms with Gasteiger partial charge in [-0.2, -0.15) is 0 Å². The van der Waals surface area contributed by atoms with Crippen molar-refractivity contribution in [1.29, 1.82) is 0 Å². The molecule has 0 aliphatic carbocycles. The second-order valence-electron chi connectivity index (χ2n) is 2.93. The summed E-state index contributed by atoms with van der Waals surface area (Å²) in [5.41, 5.74) is 0.739. The van der Waals surface area contributed by atoms with Crippen molar-refractivity contribution in [2.24, 2.45) is 0 Å². The average Bonchev–Trinajstić information content (AvgIpc) is 2.05. The molecule has 0 spiro atoms. The van der Waals surface area contributed by atoms with Gasteiger partial charge in [0.25, 0.3) is 0 Å². The topological polar surface area (TPSA) is 44.2 Å². The molecule has 0 amide bonds. The first kappa shape index (κ1) is 10.1. The van der Waals surface area contributed by atoms with Crippen LogP contribution in [-0.2, 0) is 16.1 Å². The monoisotopic (exact) mass is 234 g/mol. The van der Waals surface area contributed by atoms with Gasteiger partial charge in [-0.1, -0.05) is 11.6 Å². The Morgan fingerprint density at radius 2 is 2.29 bits per heavy atom. The molecule has 1 aliphatic rings. The molecular formula is C8H8Cl2N2O2. The first-order chi connectivity index (χ1) is 6.75. The molecule has 6 heteroatoms. The lowest BCUT2D eigenvalue weighted by Crippen LogP contribution is -2.35. The molecule has 1 aromatic heterocycles. The van der Waals surface area contributed by atoms with Crippen molar-refractivity contribution in [3.8, 4) is 0 Å². The van der Waals surface area contributed by atoms with Crippen LogP contribution in [0.15, 0.2) is 6.20 Å². The van der Waals surface area contributed by atoms with Crippen molar-refractivity contribution in [2.75, 3.05) is 13.2 Å². The minimum atomic E-state index is 0.144. The molecule has 0 saturated carbocycles. The normalized spacial score (nSPS) is 16.7. The third-order valence-corrected chi connectivity index (χ3v) is 2.37. The lowest BCUT2D eigenvalue weighted by atomic mass is 10.3. The maximum Gasteiger partial charge on any atom is 0.223 e. The van der Waals surface area contributed by atoms with E-state index in [0.29, 0.717) is 25.0 Å². The molecule has 0 N–H and O–H groups in total. The van der Waals surface area contributed by atoms with E-state index in [2.05, 4.69) is 9.97 Å². The maximum atomic E-state index is 5.83. The highest BCUT2D eigenvalue weighted by Gasteiger charge is 2.19. The van der Waals surface area contributed by atoms with Gasteiger partial charge in [-0.15, -0.1) is 0 Å². The van der Waals surface area contributed by atoms with Crippen LogP contribution in [-0.4, -0.2) is 29.3 Å². The lowest BCUT2D eigenvalue weighted by Gasteiger charge is -2.25. The fraction of sp³-hybridized carbons (Fsp3) is 0.500. The summed E-state index contributed by atoms with van der Waals surface area (Å²) >= 11 is 11.4. The summed E-state index contributed by atoms with van der Waals surface area (Å²) in [5, 5.41) is 0.482. The third kappa shape index (κ3) is 2.33. The van der Waals surface area contributed by atoms with Crippen LogP contribution in [0.25, 0.3) is 0 Å². The minimum absolute atomic E-state index is 0.144. The molecule has 0 unspecified atom stereocenters. The van der Waals surface area contributed by atoms with E-state index in [1.807, 2.05) is 0 Å². The molecule has 1 fully saturated rings. The third-order valence-electron chi connectivity index (χ3n) is 1.86. The molecule has 1 saturated heterocycles. The summed E-state index contributed by atoms with van der Waals surface area (Å²) in [4.78, 5) is 7.62. The van der Waals surface area contributed by atoms with Gasteiger partial charge >= 0.3 is 0 Å². The zero-order valence-corrected chi connectivity index (χ0v) is 8.75. The fourth-order valence-electron chi connectivity index (χ4n) is 0.981. The number of aromatic nitrogens is 2. The van der Waals surface area contributed by atoms with E-state index in [4.69, 9.17) is 32.7 Å². The van der Waals surface area contributed by atoms with E-state index < -0.39 is 0 Å². The van der Waals surface area contributed by atoms with Gasteiger partial charge in [-0.25, -0.2) is 9.97 Å². The van der Waals surface area contributed by atoms with E-state index >= 15 is 0 Å². The highest BCUT2D eigenvalue weighted by atomic mass is 35.5. The molecule has 14 heavy (non-hydrogen) atoms. The smallest absolute Gasteiger partial charge is 0.223 e. The Balaban J connectivity index is 1.94. The summed E-state index contributed by atoms with van der Waals surface area (Å²) in [6, 6.07) is 0. The summed E-state index contributed by atoms with van der Waals surface area (Å²) in [5.74, 6) is 0. The molecule has 1 aromatic rings. The number of hydrogen-bond donors (Lipinski definition) is 0. The van der Waals surface area contributed by atoms with Crippen molar-refractivity contribution in [1.82, 2.24) is 9.97 Å². The highest BCUT2D eigenvalue weighted by Crippen LogP contribution is 2.17. The van der Waals surface area contributed by atoms with E-state index in [1.165, 1.54) is 0 Å². The summed E-state index contributed by atoms with van der Waals surface area (Å²) in [7, 11) is 0. The van der Waals surface area contributed by atoms with Gasteiger partial charge in [0.2, 0.25) is 5.28 Å². The van der Waals surface area contributed by atoms with Gasteiger partial charge in [-0.05, 0) is 11.6 Å². The van der Waals surface area contributed by atoms with Crippen LogP contribution in [0.5, 0.6) is 0 Å². The highest BCUT2D eigenvalue weighted by molar-refractivity contribution is 6.32. The summed E-state index contributed by atoms with van der Waals surface area (Å²) in [6.45, 7) is 1.68. The standard InChI is InChI=1S/C8H8Cl2N2O2/c9-7-5(1-11-8(10)12-7)2-14-6-3-13-4-6/h1,6H,2-4H2. The Morgan fingerprint density at radius 1 is 1.50 bits per heavy atom. The minimum Gasteiger partial charge on any atom is -0.376 e. The Labute approximate surface area is 91.2 Å². The first-order valence-corrected chi connectivity index (χ1v) is 4.87. The number of ether oxygens (including phenoxy) is 2. The predicted molar refractivity (Wildman–Crippen MR) is 51.4 cm³/mol. The van der Waals surface area contributed by atoms with Crippen molar-refractivity contribution >= 4 is 23.2 Å². The van der Waals surface area contributed by atoms with E-state index in [1.54, 1.807) is 6.20 Å². The largest absolute Gasteiger partial charge is 0.376 e. The first-order valence-electron chi connectivity index (χ1n) is 4.12. The quantitative estimate of drug-likeness (QED) is 0.590. The molecule has 1 aliphatic heterocycles. The molecule has 76 valence electrons. The number of hydrogen-bond acceptors (Lipinski definition) is 4. The second kappa shape index (κ2) is 4.40. The Morgan fingerprint density at radius 3 is 2.86 bits per heavy atom. The average molecular weight is 235 g/mol. The SMILES string of the molecule is Clc1ncc(COC2COC2)c(Cl)n1. The van der Waals surface area contributed by atoms with E-state index in [9.17, 15) is 0 Å². The van der Waals surface area contributed by atoms with Gasteiger partial charge in [-0.3, -0.25) is 0 Å². The summed E-state index contributed by atoms with van der Waals surface area (Å²) in [6.07, 6.45) is 1.73. The number of nitrogens with zero attached hydrogens (tertiary/aromatic N) is 2. The fourth-order valence-corrected chi connectivity index (χ4v) is 1.34. The maximum absolute atomic E-state index is 5.83. The molecule has 4 nitrogen and oxygen atoms in total. The van der Waals surface area contributed by atoms with Crippen LogP contribution in [0.2, 0.25) is 10.4 Å². The van der Waals surface area contributed by atoms with Gasteiger partial charge in [0.15, 0.2) is 0 Å². The van der Waals surface area contributed by atoms with Gasteiger partial charge < -0.3 is 9.47 Å². The van der Waals surface area contributed by atoms with Crippen molar-refractivity contribution < 1.29 is 9.47 Å². The van der Waals surface area contributed by atoms with Crippen LogP contribution < -0.4 is 0 Å². The van der Waals surface area contributed by atoms with Crippen LogP contribution >= 0.6 is 23.2 Å². The van der Waals surface area contributed by atoms with Crippen LogP contribution in [0, 0.1) is 0 Å². The molecule has 0 atom stereocenters. The molecule has 2 rings (SSSR count). The molecular weight excluding hydrogens is 227 g/mol. The Bertz CT molecular complexity index is 331. The summed E-state index contributed by atoms with van der Waals surface area (Å²) < 4.78 is 10.4. The molecule has 2 heterocycles. The molecule has 0 aromatic carbocycles. The molecule has 0 radical (unpaired) electrons. The number of halogens is 2. The number of rotatable bonds is 3. The lowest BCUT2D eigenvalue weighted by molar-refractivity contribution is -0.135.